The van der Waals surface area contributed by atoms with Gasteiger partial charge < -0.3 is 4.74 Å². The molecule has 0 aliphatic carbocycles. The predicted molar refractivity (Wildman–Crippen MR) is 72.6 cm³/mol. The van der Waals surface area contributed by atoms with Crippen molar-refractivity contribution in [3.63, 3.8) is 0 Å². The average molecular weight is 334 g/mol. The third-order valence-electron chi connectivity index (χ3n) is 3.21. The van der Waals surface area contributed by atoms with E-state index in [2.05, 4.69) is 46.2 Å². The largest absolute Gasteiger partial charge is 0.378 e. The van der Waals surface area contributed by atoms with Crippen LogP contribution in [0.15, 0.2) is 0 Å². The zero-order chi connectivity index (χ0) is 11.5. The second kappa shape index (κ2) is 5.49. The number of halogens is 1. The van der Waals surface area contributed by atoms with E-state index in [9.17, 15) is 0 Å². The first-order valence-corrected chi connectivity index (χ1v) is 7.07. The smallest absolute Gasteiger partial charge is 0.0729 e. The number of rotatable bonds is 4. The van der Waals surface area contributed by atoms with Gasteiger partial charge in [-0.3, -0.25) is 4.68 Å². The first-order valence-electron chi connectivity index (χ1n) is 5.99. The molecule has 1 fully saturated rings. The van der Waals surface area contributed by atoms with Crippen LogP contribution in [0, 0.1) is 17.4 Å². The third-order valence-corrected chi connectivity index (χ3v) is 4.77. The lowest BCUT2D eigenvalue weighted by molar-refractivity contribution is 0.101. The molecular formula is C12H19IN2O. The Balaban J connectivity index is 1.82. The summed E-state index contributed by atoms with van der Waals surface area (Å²) in [6.45, 7) is 6.21. The molecule has 4 heteroatoms. The molecule has 2 heterocycles. The average Bonchev–Trinajstić information content (AvgIpc) is 2.85. The Morgan fingerprint density at radius 1 is 1.50 bits per heavy atom. The second-order valence-electron chi connectivity index (χ2n) is 4.49. The van der Waals surface area contributed by atoms with Crippen molar-refractivity contribution in [1.29, 1.82) is 0 Å². The van der Waals surface area contributed by atoms with Gasteiger partial charge in [-0.2, -0.15) is 5.10 Å². The van der Waals surface area contributed by atoms with Crippen LogP contribution in [0.2, 0.25) is 0 Å². The third kappa shape index (κ3) is 2.77. The van der Waals surface area contributed by atoms with E-state index in [0.29, 0.717) is 6.10 Å². The van der Waals surface area contributed by atoms with Crippen molar-refractivity contribution in [2.24, 2.45) is 0 Å². The molecule has 90 valence electrons. The van der Waals surface area contributed by atoms with Gasteiger partial charge in [-0.25, -0.2) is 0 Å². The summed E-state index contributed by atoms with van der Waals surface area (Å²) in [6.07, 6.45) is 5.34. The highest BCUT2D eigenvalue weighted by Crippen LogP contribution is 2.19. The molecule has 1 aliphatic heterocycles. The summed E-state index contributed by atoms with van der Waals surface area (Å²) in [6, 6.07) is 0. The van der Waals surface area contributed by atoms with Gasteiger partial charge in [0.05, 0.1) is 15.4 Å². The van der Waals surface area contributed by atoms with Crippen molar-refractivity contribution in [2.75, 3.05) is 6.61 Å². The van der Waals surface area contributed by atoms with Crippen LogP contribution in [0.5, 0.6) is 0 Å². The number of hydrogen-bond acceptors (Lipinski definition) is 2. The van der Waals surface area contributed by atoms with Crippen molar-refractivity contribution < 1.29 is 4.74 Å². The lowest BCUT2D eigenvalue weighted by Crippen LogP contribution is -2.09. The number of aryl methyl sites for hydroxylation is 2. The maximum absolute atomic E-state index is 5.62. The highest BCUT2D eigenvalue weighted by Gasteiger charge is 2.15. The second-order valence-corrected chi connectivity index (χ2v) is 5.56. The summed E-state index contributed by atoms with van der Waals surface area (Å²) in [7, 11) is 0. The van der Waals surface area contributed by atoms with Crippen LogP contribution < -0.4 is 0 Å². The summed E-state index contributed by atoms with van der Waals surface area (Å²) in [5.41, 5.74) is 2.45. The lowest BCUT2D eigenvalue weighted by atomic mass is 10.1. The minimum atomic E-state index is 0.510. The van der Waals surface area contributed by atoms with Gasteiger partial charge in [0.25, 0.3) is 0 Å². The molecule has 3 nitrogen and oxygen atoms in total. The van der Waals surface area contributed by atoms with E-state index in [1.807, 2.05) is 0 Å². The predicted octanol–water partition coefficient (Wildman–Crippen LogP) is 3.06. The van der Waals surface area contributed by atoms with E-state index in [-0.39, 0.29) is 0 Å². The lowest BCUT2D eigenvalue weighted by Gasteiger charge is -2.09. The molecule has 0 aromatic carbocycles. The molecule has 0 radical (unpaired) electrons. The number of hydrogen-bond donors (Lipinski definition) is 0. The van der Waals surface area contributed by atoms with Crippen LogP contribution in [-0.2, 0) is 11.3 Å². The Morgan fingerprint density at radius 2 is 2.31 bits per heavy atom. The van der Waals surface area contributed by atoms with E-state index in [1.54, 1.807) is 0 Å². The molecule has 1 atom stereocenters. The maximum Gasteiger partial charge on any atom is 0.0729 e. The van der Waals surface area contributed by atoms with Crippen molar-refractivity contribution >= 4 is 22.6 Å². The van der Waals surface area contributed by atoms with Gasteiger partial charge in [0, 0.05) is 18.8 Å². The molecule has 1 aromatic rings. The molecule has 0 bridgehead atoms. The molecule has 2 rings (SSSR count). The Bertz CT molecular complexity index is 356. The van der Waals surface area contributed by atoms with Crippen molar-refractivity contribution in [1.82, 2.24) is 9.78 Å². The fraction of sp³-hybridized carbons (Fsp3) is 0.750. The minimum Gasteiger partial charge on any atom is -0.378 e. The molecule has 1 unspecified atom stereocenters. The number of aromatic nitrogens is 2. The van der Waals surface area contributed by atoms with Crippen LogP contribution in [0.1, 0.15) is 37.1 Å². The fourth-order valence-corrected chi connectivity index (χ4v) is 2.62. The summed E-state index contributed by atoms with van der Waals surface area (Å²) in [5, 5.41) is 4.54. The zero-order valence-corrected chi connectivity index (χ0v) is 12.2. The van der Waals surface area contributed by atoms with E-state index in [1.165, 1.54) is 34.9 Å². The summed E-state index contributed by atoms with van der Waals surface area (Å²) in [4.78, 5) is 0. The van der Waals surface area contributed by atoms with E-state index < -0.39 is 0 Å². The number of nitrogens with zero attached hydrogens (tertiary/aromatic N) is 2. The Hall–Kier alpha value is -0.100. The maximum atomic E-state index is 5.62. The monoisotopic (exact) mass is 334 g/mol. The Labute approximate surface area is 111 Å². The van der Waals surface area contributed by atoms with Gasteiger partial charge >= 0.3 is 0 Å². The van der Waals surface area contributed by atoms with Gasteiger partial charge in [0.15, 0.2) is 0 Å². The van der Waals surface area contributed by atoms with E-state index >= 15 is 0 Å². The SMILES string of the molecule is Cc1nn(CCCC2CCCO2)c(C)c1I. The minimum absolute atomic E-state index is 0.510. The van der Waals surface area contributed by atoms with Gasteiger partial charge in [-0.1, -0.05) is 0 Å². The molecule has 16 heavy (non-hydrogen) atoms. The van der Waals surface area contributed by atoms with Crippen molar-refractivity contribution in [3.8, 4) is 0 Å². The normalized spacial score (nSPS) is 20.6. The van der Waals surface area contributed by atoms with Crippen LogP contribution in [0.4, 0.5) is 0 Å². The fourth-order valence-electron chi connectivity index (χ4n) is 2.23. The zero-order valence-electron chi connectivity index (χ0n) is 10.0. The Morgan fingerprint density at radius 3 is 2.88 bits per heavy atom. The topological polar surface area (TPSA) is 27.1 Å². The Kier molecular flexibility index (Phi) is 4.24. The van der Waals surface area contributed by atoms with Gasteiger partial charge in [0.1, 0.15) is 0 Å². The molecule has 1 aromatic heterocycles. The summed E-state index contributed by atoms with van der Waals surface area (Å²) >= 11 is 2.37. The van der Waals surface area contributed by atoms with Gasteiger partial charge in [-0.15, -0.1) is 0 Å². The molecule has 0 amide bonds. The van der Waals surface area contributed by atoms with Crippen molar-refractivity contribution in [3.05, 3.63) is 15.0 Å². The number of ether oxygens (including phenoxy) is 1. The van der Waals surface area contributed by atoms with Crippen LogP contribution in [-0.4, -0.2) is 22.5 Å². The summed E-state index contributed by atoms with van der Waals surface area (Å²) in [5.74, 6) is 0. The van der Waals surface area contributed by atoms with Gasteiger partial charge in [-0.05, 0) is 62.1 Å². The van der Waals surface area contributed by atoms with Gasteiger partial charge in [0.2, 0.25) is 0 Å². The van der Waals surface area contributed by atoms with E-state index in [4.69, 9.17) is 4.74 Å². The highest BCUT2D eigenvalue weighted by molar-refractivity contribution is 14.1. The molecule has 0 spiro atoms. The first-order chi connectivity index (χ1) is 7.68. The molecule has 0 saturated carbocycles. The summed E-state index contributed by atoms with van der Waals surface area (Å²) < 4.78 is 9.05. The van der Waals surface area contributed by atoms with Crippen LogP contribution in [0.3, 0.4) is 0 Å². The van der Waals surface area contributed by atoms with Crippen molar-refractivity contribution in [2.45, 2.75) is 52.2 Å². The molecule has 1 aliphatic rings. The van der Waals surface area contributed by atoms with Crippen LogP contribution in [0.25, 0.3) is 0 Å². The van der Waals surface area contributed by atoms with Crippen LogP contribution >= 0.6 is 22.6 Å². The standard InChI is InChI=1S/C12H19IN2O/c1-9-12(13)10(2)15(14-9)7-3-5-11-6-4-8-16-11/h11H,3-8H2,1-2H3. The first kappa shape index (κ1) is 12.4. The molecular weight excluding hydrogens is 315 g/mol. The molecule has 1 saturated heterocycles. The molecule has 0 N–H and O–H groups in total. The van der Waals surface area contributed by atoms with E-state index in [0.717, 1.165) is 18.8 Å². The highest BCUT2D eigenvalue weighted by atomic mass is 127. The quantitative estimate of drug-likeness (QED) is 0.792.